The first-order chi connectivity index (χ1) is 11.2. The highest BCUT2D eigenvalue weighted by Crippen LogP contribution is 2.28. The van der Waals surface area contributed by atoms with Gasteiger partial charge in [0.2, 0.25) is 0 Å². The average Bonchev–Trinajstić information content (AvgIpc) is 3.11. The molecule has 23 heavy (non-hydrogen) atoms. The van der Waals surface area contributed by atoms with E-state index in [0.29, 0.717) is 0 Å². The van der Waals surface area contributed by atoms with Crippen LogP contribution >= 0.6 is 11.3 Å². The monoisotopic (exact) mass is 330 g/mol. The molecular formula is C17H22N4OS. The van der Waals surface area contributed by atoms with Crippen molar-refractivity contribution in [3.8, 4) is 11.3 Å². The number of anilines is 1. The van der Waals surface area contributed by atoms with Crippen LogP contribution in [0.5, 0.6) is 0 Å². The highest BCUT2D eigenvalue weighted by Gasteiger charge is 2.24. The maximum atomic E-state index is 12.2. The van der Waals surface area contributed by atoms with Crippen LogP contribution in [0.4, 0.5) is 9.93 Å². The topological polar surface area (TPSA) is 39.7 Å². The molecule has 122 valence electrons. The number of hydrogen-bond donors (Lipinski definition) is 0. The zero-order chi connectivity index (χ0) is 16.2. The second-order valence-corrected chi connectivity index (χ2v) is 6.49. The van der Waals surface area contributed by atoms with Crippen LogP contribution in [0.1, 0.15) is 6.92 Å². The van der Waals surface area contributed by atoms with E-state index in [-0.39, 0.29) is 6.03 Å². The minimum absolute atomic E-state index is 0.122. The second-order valence-electron chi connectivity index (χ2n) is 5.65. The van der Waals surface area contributed by atoms with E-state index in [1.165, 1.54) is 0 Å². The van der Waals surface area contributed by atoms with Crippen molar-refractivity contribution in [1.29, 1.82) is 0 Å². The molecule has 0 atom stereocenters. The molecule has 1 aliphatic rings. The van der Waals surface area contributed by atoms with Crippen LogP contribution in [-0.2, 0) is 0 Å². The summed E-state index contributed by atoms with van der Waals surface area (Å²) in [5.74, 6) is 0. The third kappa shape index (κ3) is 3.47. The number of carbonyl (C=O) groups is 1. The number of thiazole rings is 1. The normalized spacial score (nSPS) is 14.9. The molecule has 2 aromatic rings. The number of benzene rings is 1. The molecule has 1 saturated heterocycles. The molecule has 1 aliphatic heterocycles. The highest BCUT2D eigenvalue weighted by molar-refractivity contribution is 7.14. The average molecular weight is 330 g/mol. The van der Waals surface area contributed by atoms with Crippen molar-refractivity contribution in [2.45, 2.75) is 6.92 Å². The van der Waals surface area contributed by atoms with Gasteiger partial charge < -0.3 is 14.7 Å². The lowest BCUT2D eigenvalue weighted by Crippen LogP contribution is -2.52. The Labute approximate surface area is 141 Å². The van der Waals surface area contributed by atoms with Crippen LogP contribution in [0, 0.1) is 0 Å². The van der Waals surface area contributed by atoms with Gasteiger partial charge in [0.15, 0.2) is 5.13 Å². The molecule has 0 aliphatic carbocycles. The first kappa shape index (κ1) is 15.8. The summed E-state index contributed by atoms with van der Waals surface area (Å²) in [5.41, 5.74) is 2.17. The molecule has 1 aromatic carbocycles. The van der Waals surface area contributed by atoms with Crippen molar-refractivity contribution in [2.24, 2.45) is 0 Å². The number of nitrogens with zero attached hydrogens (tertiary/aromatic N) is 4. The summed E-state index contributed by atoms with van der Waals surface area (Å²) in [6.45, 7) is 5.92. The molecule has 1 aromatic heterocycles. The zero-order valence-corrected chi connectivity index (χ0v) is 14.4. The molecule has 1 fully saturated rings. The predicted molar refractivity (Wildman–Crippen MR) is 95.0 cm³/mol. The highest BCUT2D eigenvalue weighted by atomic mass is 32.1. The Kier molecular flexibility index (Phi) is 4.81. The summed E-state index contributed by atoms with van der Waals surface area (Å²) < 4.78 is 0. The minimum Gasteiger partial charge on any atom is -0.345 e. The molecule has 2 amide bonds. The van der Waals surface area contributed by atoms with Gasteiger partial charge in [0.1, 0.15) is 0 Å². The van der Waals surface area contributed by atoms with E-state index < -0.39 is 0 Å². The van der Waals surface area contributed by atoms with E-state index in [0.717, 1.165) is 49.1 Å². The first-order valence-corrected chi connectivity index (χ1v) is 8.83. The van der Waals surface area contributed by atoms with Gasteiger partial charge in [-0.05, 0) is 6.92 Å². The van der Waals surface area contributed by atoms with Crippen LogP contribution < -0.4 is 4.90 Å². The molecule has 5 nitrogen and oxygen atoms in total. The summed E-state index contributed by atoms with van der Waals surface area (Å²) in [4.78, 5) is 22.9. The number of urea groups is 1. The van der Waals surface area contributed by atoms with E-state index in [2.05, 4.69) is 22.4 Å². The quantitative estimate of drug-likeness (QED) is 0.868. The van der Waals surface area contributed by atoms with Gasteiger partial charge in [0, 0.05) is 50.7 Å². The van der Waals surface area contributed by atoms with Crippen molar-refractivity contribution in [3.63, 3.8) is 0 Å². The van der Waals surface area contributed by atoms with Gasteiger partial charge in [-0.25, -0.2) is 9.78 Å². The van der Waals surface area contributed by atoms with Gasteiger partial charge >= 0.3 is 6.03 Å². The molecule has 3 rings (SSSR count). The van der Waals surface area contributed by atoms with E-state index in [1.807, 2.05) is 37.1 Å². The number of hydrogen-bond acceptors (Lipinski definition) is 4. The second kappa shape index (κ2) is 7.00. The fourth-order valence-corrected chi connectivity index (χ4v) is 3.51. The Hall–Kier alpha value is -2.08. The number of amides is 2. The molecule has 0 unspecified atom stereocenters. The molecule has 6 heteroatoms. The van der Waals surface area contributed by atoms with Crippen LogP contribution in [0.25, 0.3) is 11.3 Å². The van der Waals surface area contributed by atoms with Crippen molar-refractivity contribution in [3.05, 3.63) is 35.7 Å². The lowest BCUT2D eigenvalue weighted by Gasteiger charge is -2.36. The molecule has 0 radical (unpaired) electrons. The Morgan fingerprint density at radius 2 is 1.91 bits per heavy atom. The lowest BCUT2D eigenvalue weighted by molar-refractivity contribution is 0.161. The number of aromatic nitrogens is 1. The first-order valence-electron chi connectivity index (χ1n) is 7.95. The van der Waals surface area contributed by atoms with Crippen LogP contribution in [0.15, 0.2) is 35.7 Å². The van der Waals surface area contributed by atoms with Gasteiger partial charge in [-0.1, -0.05) is 30.3 Å². The summed E-state index contributed by atoms with van der Waals surface area (Å²) in [5, 5.41) is 3.15. The standard InChI is InChI=1S/C17H22N4OS/c1-3-19(2)17(22)21-11-9-20(10-12-21)16-18-15(13-23-16)14-7-5-4-6-8-14/h4-8,13H,3,9-12H2,1-2H3. The van der Waals surface area contributed by atoms with Gasteiger partial charge in [0.05, 0.1) is 5.69 Å². The molecular weight excluding hydrogens is 308 g/mol. The maximum absolute atomic E-state index is 12.2. The van der Waals surface area contributed by atoms with Gasteiger partial charge in [-0.15, -0.1) is 11.3 Å². The predicted octanol–water partition coefficient (Wildman–Crippen LogP) is 3.00. The van der Waals surface area contributed by atoms with E-state index >= 15 is 0 Å². The lowest BCUT2D eigenvalue weighted by atomic mass is 10.2. The third-order valence-corrected chi connectivity index (χ3v) is 5.08. The Morgan fingerprint density at radius 3 is 2.57 bits per heavy atom. The third-order valence-electron chi connectivity index (χ3n) is 4.18. The SMILES string of the molecule is CCN(C)C(=O)N1CCN(c2nc(-c3ccccc3)cs2)CC1. The Bertz CT molecular complexity index is 650. The van der Waals surface area contributed by atoms with Crippen LogP contribution in [0.3, 0.4) is 0 Å². The van der Waals surface area contributed by atoms with Crippen LogP contribution in [-0.4, -0.2) is 60.6 Å². The van der Waals surface area contributed by atoms with Gasteiger partial charge in [-0.2, -0.15) is 0 Å². The Balaban J connectivity index is 1.62. The van der Waals surface area contributed by atoms with E-state index in [9.17, 15) is 4.79 Å². The van der Waals surface area contributed by atoms with Crippen molar-refractivity contribution in [1.82, 2.24) is 14.8 Å². The van der Waals surface area contributed by atoms with Crippen molar-refractivity contribution in [2.75, 3.05) is 44.7 Å². The number of carbonyl (C=O) groups excluding carboxylic acids is 1. The van der Waals surface area contributed by atoms with Crippen molar-refractivity contribution < 1.29 is 4.79 Å². The molecule has 0 N–H and O–H groups in total. The summed E-state index contributed by atoms with van der Waals surface area (Å²) in [6, 6.07) is 10.4. The fraction of sp³-hybridized carbons (Fsp3) is 0.412. The molecule has 2 heterocycles. The number of piperazine rings is 1. The largest absolute Gasteiger partial charge is 0.345 e. The maximum Gasteiger partial charge on any atom is 0.319 e. The van der Waals surface area contributed by atoms with Crippen LogP contribution in [0.2, 0.25) is 0 Å². The van der Waals surface area contributed by atoms with E-state index in [4.69, 9.17) is 4.98 Å². The summed E-state index contributed by atoms with van der Waals surface area (Å²) >= 11 is 1.67. The Morgan fingerprint density at radius 1 is 1.22 bits per heavy atom. The van der Waals surface area contributed by atoms with Crippen molar-refractivity contribution >= 4 is 22.5 Å². The van der Waals surface area contributed by atoms with E-state index in [1.54, 1.807) is 16.2 Å². The molecule has 0 bridgehead atoms. The number of rotatable bonds is 3. The molecule has 0 spiro atoms. The summed E-state index contributed by atoms with van der Waals surface area (Å²) in [7, 11) is 1.85. The molecule has 0 saturated carbocycles. The minimum atomic E-state index is 0.122. The van der Waals surface area contributed by atoms with Gasteiger partial charge in [0.25, 0.3) is 0 Å². The van der Waals surface area contributed by atoms with Gasteiger partial charge in [-0.3, -0.25) is 0 Å². The fourth-order valence-electron chi connectivity index (χ4n) is 2.62. The summed E-state index contributed by atoms with van der Waals surface area (Å²) in [6.07, 6.45) is 0. The smallest absolute Gasteiger partial charge is 0.319 e. The zero-order valence-electron chi connectivity index (χ0n) is 13.6.